The van der Waals surface area contributed by atoms with Gasteiger partial charge in [0.25, 0.3) is 5.56 Å². The summed E-state index contributed by atoms with van der Waals surface area (Å²) in [5, 5.41) is 3.58. The average molecular weight is 468 g/mol. The van der Waals surface area contributed by atoms with E-state index < -0.39 is 5.82 Å². The van der Waals surface area contributed by atoms with Crippen LogP contribution in [-0.2, 0) is 4.79 Å². The highest BCUT2D eigenvalue weighted by molar-refractivity contribution is 7.99. The monoisotopic (exact) mass is 467 g/mol. The molecule has 5 nitrogen and oxygen atoms in total. The van der Waals surface area contributed by atoms with Crippen LogP contribution in [0.4, 0.5) is 4.39 Å². The van der Waals surface area contributed by atoms with Crippen LogP contribution in [0.1, 0.15) is 18.5 Å². The molecule has 0 saturated carbocycles. The lowest BCUT2D eigenvalue weighted by Gasteiger charge is -2.16. The third-order valence-electron chi connectivity index (χ3n) is 4.92. The quantitative estimate of drug-likeness (QED) is 0.315. The highest BCUT2D eigenvalue weighted by atomic mass is 35.5. The van der Waals surface area contributed by atoms with E-state index in [1.807, 2.05) is 37.3 Å². The fourth-order valence-corrected chi connectivity index (χ4v) is 4.30. The lowest BCUT2D eigenvalue weighted by Crippen LogP contribution is -2.29. The zero-order valence-corrected chi connectivity index (χ0v) is 18.7. The number of thioether (sulfide) groups is 1. The second kappa shape index (κ2) is 9.54. The Morgan fingerprint density at radius 1 is 1.12 bits per heavy atom. The molecule has 0 fully saturated rings. The van der Waals surface area contributed by atoms with Crippen LogP contribution in [-0.4, -0.2) is 21.2 Å². The summed E-state index contributed by atoms with van der Waals surface area (Å²) in [4.78, 5) is 30.4. The van der Waals surface area contributed by atoms with E-state index >= 15 is 0 Å². The van der Waals surface area contributed by atoms with Crippen molar-refractivity contribution >= 4 is 40.2 Å². The van der Waals surface area contributed by atoms with Crippen molar-refractivity contribution in [3.05, 3.63) is 99.6 Å². The predicted molar refractivity (Wildman–Crippen MR) is 126 cm³/mol. The fourth-order valence-electron chi connectivity index (χ4n) is 3.30. The van der Waals surface area contributed by atoms with Gasteiger partial charge >= 0.3 is 0 Å². The third-order valence-corrected chi connectivity index (χ3v) is 6.14. The smallest absolute Gasteiger partial charge is 0.266 e. The lowest BCUT2D eigenvalue weighted by molar-refractivity contribution is -0.119. The van der Waals surface area contributed by atoms with Crippen molar-refractivity contribution < 1.29 is 9.18 Å². The lowest BCUT2D eigenvalue weighted by atomic mass is 10.1. The highest BCUT2D eigenvalue weighted by Gasteiger charge is 2.17. The molecule has 1 aromatic heterocycles. The number of nitrogens with zero attached hydrogens (tertiary/aromatic N) is 2. The number of benzene rings is 3. The number of nitrogens with one attached hydrogen (secondary N) is 1. The van der Waals surface area contributed by atoms with E-state index in [1.165, 1.54) is 22.8 Å². The molecule has 32 heavy (non-hydrogen) atoms. The largest absolute Gasteiger partial charge is 0.349 e. The maximum atomic E-state index is 13.7. The summed E-state index contributed by atoms with van der Waals surface area (Å²) < 4.78 is 15.0. The minimum absolute atomic E-state index is 0.0525. The number of carbonyl (C=O) groups is 1. The predicted octanol–water partition coefficient (Wildman–Crippen LogP) is 5.15. The molecule has 1 N–H and O–H groups in total. The van der Waals surface area contributed by atoms with Gasteiger partial charge in [-0.3, -0.25) is 14.2 Å². The van der Waals surface area contributed by atoms with E-state index in [4.69, 9.17) is 11.6 Å². The topological polar surface area (TPSA) is 64.0 Å². The van der Waals surface area contributed by atoms with Crippen molar-refractivity contribution in [2.75, 3.05) is 5.75 Å². The van der Waals surface area contributed by atoms with Crippen molar-refractivity contribution in [1.82, 2.24) is 14.9 Å². The molecule has 0 spiro atoms. The summed E-state index contributed by atoms with van der Waals surface area (Å²) in [6, 6.07) is 20.4. The van der Waals surface area contributed by atoms with Gasteiger partial charge in [-0.05, 0) is 42.8 Å². The van der Waals surface area contributed by atoms with E-state index in [0.717, 1.165) is 17.3 Å². The van der Waals surface area contributed by atoms with Gasteiger partial charge in [-0.2, -0.15) is 0 Å². The first kappa shape index (κ1) is 22.0. The molecular weight excluding hydrogens is 449 g/mol. The molecule has 1 unspecified atom stereocenters. The Kier molecular flexibility index (Phi) is 6.58. The van der Waals surface area contributed by atoms with Crippen molar-refractivity contribution in [3.8, 4) is 5.69 Å². The molecule has 0 radical (unpaired) electrons. The summed E-state index contributed by atoms with van der Waals surface area (Å²) in [6.45, 7) is 1.91. The van der Waals surface area contributed by atoms with Crippen LogP contribution in [0.3, 0.4) is 0 Å². The van der Waals surface area contributed by atoms with Gasteiger partial charge in [-0.1, -0.05) is 65.8 Å². The third kappa shape index (κ3) is 4.69. The Bertz CT molecular complexity index is 1340. The second-order valence-electron chi connectivity index (χ2n) is 7.14. The molecule has 1 atom stereocenters. The Morgan fingerprint density at radius 3 is 2.59 bits per heavy atom. The standard InChI is InChI=1S/C24H19ClFN3O2S/c1-15(16-7-3-2-4-8-16)27-22(30)14-32-24-28-21-10-6-5-9-18(21)23(31)29(24)17-11-12-20(26)19(25)13-17/h2-13,15H,14H2,1H3,(H,27,30). The molecule has 1 amide bonds. The first-order valence-electron chi connectivity index (χ1n) is 9.88. The van der Waals surface area contributed by atoms with Gasteiger partial charge in [-0.25, -0.2) is 9.37 Å². The molecule has 4 rings (SSSR count). The highest BCUT2D eigenvalue weighted by Crippen LogP contribution is 2.24. The van der Waals surface area contributed by atoms with Crippen LogP contribution in [0, 0.1) is 5.82 Å². The minimum Gasteiger partial charge on any atom is -0.349 e. The van der Waals surface area contributed by atoms with Crippen molar-refractivity contribution in [2.45, 2.75) is 18.1 Å². The van der Waals surface area contributed by atoms with Gasteiger partial charge in [0.2, 0.25) is 5.91 Å². The number of fused-ring (bicyclic) bond motifs is 1. The number of halogens is 2. The summed E-state index contributed by atoms with van der Waals surface area (Å²) >= 11 is 7.08. The van der Waals surface area contributed by atoms with Gasteiger partial charge in [0, 0.05) is 0 Å². The van der Waals surface area contributed by atoms with Crippen LogP contribution in [0.25, 0.3) is 16.6 Å². The van der Waals surface area contributed by atoms with Crippen LogP contribution < -0.4 is 10.9 Å². The second-order valence-corrected chi connectivity index (χ2v) is 8.49. The maximum Gasteiger partial charge on any atom is 0.266 e. The molecule has 0 aliphatic heterocycles. The summed E-state index contributed by atoms with van der Waals surface area (Å²) in [5.74, 6) is -0.727. The molecule has 0 bridgehead atoms. The van der Waals surface area contributed by atoms with Crippen LogP contribution in [0.15, 0.2) is 82.7 Å². The number of carbonyl (C=O) groups excluding carboxylic acids is 1. The Labute approximate surface area is 193 Å². The Morgan fingerprint density at radius 2 is 1.84 bits per heavy atom. The molecule has 0 saturated heterocycles. The minimum atomic E-state index is -0.583. The SMILES string of the molecule is CC(NC(=O)CSc1nc2ccccc2c(=O)n1-c1ccc(F)c(Cl)c1)c1ccccc1. The molecule has 0 aliphatic carbocycles. The summed E-state index contributed by atoms with van der Waals surface area (Å²) in [7, 11) is 0. The van der Waals surface area contributed by atoms with Crippen molar-refractivity contribution in [1.29, 1.82) is 0 Å². The number of hydrogen-bond donors (Lipinski definition) is 1. The summed E-state index contributed by atoms with van der Waals surface area (Å²) in [5.41, 5.74) is 1.56. The number of rotatable bonds is 6. The van der Waals surface area contributed by atoms with E-state index in [2.05, 4.69) is 10.3 Å². The normalized spacial score (nSPS) is 12.0. The fraction of sp³-hybridized carbons (Fsp3) is 0.125. The summed E-state index contributed by atoms with van der Waals surface area (Å²) in [6.07, 6.45) is 0. The van der Waals surface area contributed by atoms with E-state index in [0.29, 0.717) is 21.7 Å². The molecule has 4 aromatic rings. The van der Waals surface area contributed by atoms with Crippen molar-refractivity contribution in [3.63, 3.8) is 0 Å². The molecule has 0 aliphatic rings. The van der Waals surface area contributed by atoms with Crippen LogP contribution in [0.5, 0.6) is 0 Å². The molecule has 3 aromatic carbocycles. The maximum absolute atomic E-state index is 13.7. The number of aromatic nitrogens is 2. The number of hydrogen-bond acceptors (Lipinski definition) is 4. The molecule has 162 valence electrons. The van der Waals surface area contributed by atoms with Crippen molar-refractivity contribution in [2.24, 2.45) is 0 Å². The Hall–Kier alpha value is -3.16. The number of amides is 1. The molecule has 8 heteroatoms. The van der Waals surface area contributed by atoms with Crippen LogP contribution >= 0.6 is 23.4 Å². The van der Waals surface area contributed by atoms with Gasteiger partial charge in [0.15, 0.2) is 5.16 Å². The molecular formula is C24H19ClFN3O2S. The number of para-hydroxylation sites is 1. The van der Waals surface area contributed by atoms with Gasteiger partial charge < -0.3 is 5.32 Å². The van der Waals surface area contributed by atoms with E-state index in [-0.39, 0.29) is 28.3 Å². The van der Waals surface area contributed by atoms with Gasteiger partial charge in [0.1, 0.15) is 5.82 Å². The molecule has 1 heterocycles. The zero-order valence-electron chi connectivity index (χ0n) is 17.1. The first-order valence-corrected chi connectivity index (χ1v) is 11.2. The Balaban J connectivity index is 1.64. The first-order chi connectivity index (χ1) is 15.4. The van der Waals surface area contributed by atoms with E-state index in [1.54, 1.807) is 24.3 Å². The van der Waals surface area contributed by atoms with Gasteiger partial charge in [0.05, 0.1) is 33.4 Å². The van der Waals surface area contributed by atoms with Crippen LogP contribution in [0.2, 0.25) is 5.02 Å². The average Bonchev–Trinajstić information content (AvgIpc) is 2.80. The van der Waals surface area contributed by atoms with Gasteiger partial charge in [-0.15, -0.1) is 0 Å². The van der Waals surface area contributed by atoms with E-state index in [9.17, 15) is 14.0 Å². The zero-order chi connectivity index (χ0) is 22.7.